The van der Waals surface area contributed by atoms with E-state index in [1.807, 2.05) is 30.3 Å². The Morgan fingerprint density at radius 2 is 1.79 bits per heavy atom. The number of hydrogen-bond acceptors (Lipinski definition) is 3. The zero-order valence-corrected chi connectivity index (χ0v) is 13.8. The van der Waals surface area contributed by atoms with Gasteiger partial charge in [-0.2, -0.15) is 9.80 Å². The Hall–Kier alpha value is -2.12. The SMILES string of the molecule is O=C(N1CCOCC1)N1CCCC[N+]1(Cc1ccccc1)C(=O)O. The van der Waals surface area contributed by atoms with Crippen molar-refractivity contribution < 1.29 is 24.0 Å². The summed E-state index contributed by atoms with van der Waals surface area (Å²) in [5.74, 6) is 0. The normalized spacial score (nSPS) is 24.7. The van der Waals surface area contributed by atoms with Gasteiger partial charge in [0, 0.05) is 25.1 Å². The molecule has 7 nitrogen and oxygen atoms in total. The molecular weight excluding hydrogens is 310 g/mol. The fourth-order valence-corrected chi connectivity index (χ4v) is 3.44. The molecule has 3 rings (SSSR count). The molecule has 3 amide bonds. The summed E-state index contributed by atoms with van der Waals surface area (Å²) < 4.78 is 4.95. The van der Waals surface area contributed by atoms with E-state index in [0.29, 0.717) is 39.4 Å². The molecule has 2 aliphatic rings. The van der Waals surface area contributed by atoms with Crippen molar-refractivity contribution in [2.45, 2.75) is 19.4 Å². The summed E-state index contributed by atoms with van der Waals surface area (Å²) in [6.07, 6.45) is 0.657. The fourth-order valence-electron chi connectivity index (χ4n) is 3.44. The second kappa shape index (κ2) is 7.19. The van der Waals surface area contributed by atoms with E-state index in [4.69, 9.17) is 4.74 Å². The first-order chi connectivity index (χ1) is 11.6. The Morgan fingerprint density at radius 1 is 1.08 bits per heavy atom. The number of carbonyl (C=O) groups is 2. The van der Waals surface area contributed by atoms with Gasteiger partial charge in [0.15, 0.2) is 0 Å². The highest BCUT2D eigenvalue weighted by atomic mass is 16.5. The van der Waals surface area contributed by atoms with Crippen molar-refractivity contribution in [3.63, 3.8) is 0 Å². The number of amides is 3. The van der Waals surface area contributed by atoms with Gasteiger partial charge in [-0.1, -0.05) is 30.3 Å². The van der Waals surface area contributed by atoms with Gasteiger partial charge in [0.25, 0.3) is 0 Å². The highest BCUT2D eigenvalue weighted by molar-refractivity contribution is 5.75. The largest absolute Gasteiger partial charge is 0.539 e. The van der Waals surface area contributed by atoms with Crippen molar-refractivity contribution in [3.05, 3.63) is 35.9 Å². The summed E-state index contributed by atoms with van der Waals surface area (Å²) in [7, 11) is 0. The molecule has 0 aromatic heterocycles. The second-order valence-electron chi connectivity index (χ2n) is 6.28. The van der Waals surface area contributed by atoms with Gasteiger partial charge in [-0.15, -0.1) is 4.59 Å². The summed E-state index contributed by atoms with van der Waals surface area (Å²) in [5, 5.41) is 11.5. The molecule has 0 aliphatic carbocycles. The van der Waals surface area contributed by atoms with E-state index in [1.165, 1.54) is 5.01 Å². The number of ether oxygens (including phenoxy) is 1. The van der Waals surface area contributed by atoms with Crippen LogP contribution in [0.4, 0.5) is 9.59 Å². The third-order valence-electron chi connectivity index (χ3n) is 4.76. The third-order valence-corrected chi connectivity index (χ3v) is 4.76. The first kappa shape index (κ1) is 16.7. The third kappa shape index (κ3) is 3.22. The molecule has 1 aromatic carbocycles. The summed E-state index contributed by atoms with van der Waals surface area (Å²) in [6.45, 7) is 3.22. The van der Waals surface area contributed by atoms with Crippen molar-refractivity contribution in [2.24, 2.45) is 0 Å². The number of benzene rings is 1. The quantitative estimate of drug-likeness (QED) is 0.841. The van der Waals surface area contributed by atoms with Crippen molar-refractivity contribution in [1.29, 1.82) is 0 Å². The van der Waals surface area contributed by atoms with E-state index < -0.39 is 6.09 Å². The molecule has 0 bridgehead atoms. The Labute approximate surface area is 141 Å². The van der Waals surface area contributed by atoms with E-state index in [0.717, 1.165) is 18.4 Å². The lowest BCUT2D eigenvalue weighted by atomic mass is 10.1. The number of rotatable bonds is 2. The summed E-state index contributed by atoms with van der Waals surface area (Å²) in [4.78, 5) is 26.9. The molecule has 0 saturated carbocycles. The monoisotopic (exact) mass is 334 g/mol. The number of carbonyl (C=O) groups excluding carboxylic acids is 1. The van der Waals surface area contributed by atoms with Crippen LogP contribution in [0.1, 0.15) is 18.4 Å². The van der Waals surface area contributed by atoms with E-state index >= 15 is 0 Å². The molecule has 0 radical (unpaired) electrons. The maximum Gasteiger partial charge on any atom is 0.539 e. The average molecular weight is 334 g/mol. The van der Waals surface area contributed by atoms with Gasteiger partial charge >= 0.3 is 12.1 Å². The first-order valence-corrected chi connectivity index (χ1v) is 8.43. The van der Waals surface area contributed by atoms with E-state index in [1.54, 1.807) is 4.90 Å². The highest BCUT2D eigenvalue weighted by Gasteiger charge is 2.49. The van der Waals surface area contributed by atoms with Crippen molar-refractivity contribution in [3.8, 4) is 0 Å². The number of nitrogens with zero attached hydrogens (tertiary/aromatic N) is 3. The topological polar surface area (TPSA) is 70.1 Å². The van der Waals surface area contributed by atoms with Gasteiger partial charge in [0.05, 0.1) is 19.8 Å². The van der Waals surface area contributed by atoms with Crippen LogP contribution in [0, 0.1) is 0 Å². The number of urea groups is 1. The van der Waals surface area contributed by atoms with E-state index in [9.17, 15) is 14.7 Å². The van der Waals surface area contributed by atoms with Crippen LogP contribution < -0.4 is 0 Å². The number of carboxylic acid groups (broad SMARTS) is 1. The Balaban J connectivity index is 1.88. The van der Waals surface area contributed by atoms with Gasteiger partial charge in [-0.3, -0.25) is 0 Å². The van der Waals surface area contributed by atoms with Gasteiger partial charge < -0.3 is 14.7 Å². The Morgan fingerprint density at radius 3 is 2.46 bits per heavy atom. The smallest absolute Gasteiger partial charge is 0.434 e. The van der Waals surface area contributed by atoms with Gasteiger partial charge in [-0.25, -0.2) is 4.79 Å². The molecular formula is C17H24N3O4+. The van der Waals surface area contributed by atoms with Crippen molar-refractivity contribution in [2.75, 3.05) is 39.4 Å². The minimum atomic E-state index is -0.972. The van der Waals surface area contributed by atoms with Crippen LogP contribution in [0.15, 0.2) is 30.3 Å². The molecule has 7 heteroatoms. The van der Waals surface area contributed by atoms with Crippen LogP contribution in [0.25, 0.3) is 0 Å². The van der Waals surface area contributed by atoms with Crippen LogP contribution >= 0.6 is 0 Å². The highest BCUT2D eigenvalue weighted by Crippen LogP contribution is 2.27. The van der Waals surface area contributed by atoms with Gasteiger partial charge in [0.2, 0.25) is 0 Å². The Kier molecular flexibility index (Phi) is 5.01. The van der Waals surface area contributed by atoms with E-state index in [-0.39, 0.29) is 17.2 Å². The molecule has 2 heterocycles. The van der Waals surface area contributed by atoms with Gasteiger partial charge in [-0.05, 0) is 6.42 Å². The lowest BCUT2D eigenvalue weighted by Crippen LogP contribution is -2.69. The van der Waals surface area contributed by atoms with Crippen LogP contribution in [0.5, 0.6) is 0 Å². The molecule has 24 heavy (non-hydrogen) atoms. The molecule has 1 aromatic rings. The van der Waals surface area contributed by atoms with Crippen LogP contribution in [-0.4, -0.2) is 71.1 Å². The number of hydrogen-bond donors (Lipinski definition) is 1. The fraction of sp³-hybridized carbons (Fsp3) is 0.529. The van der Waals surface area contributed by atoms with Gasteiger partial charge in [0.1, 0.15) is 13.1 Å². The Bertz CT molecular complexity index is 589. The molecule has 2 aliphatic heterocycles. The molecule has 2 fully saturated rings. The minimum Gasteiger partial charge on any atom is -0.434 e. The second-order valence-corrected chi connectivity index (χ2v) is 6.28. The van der Waals surface area contributed by atoms with Crippen LogP contribution in [0.2, 0.25) is 0 Å². The molecule has 2 saturated heterocycles. The number of quaternary nitrogens is 1. The minimum absolute atomic E-state index is 0.198. The van der Waals surface area contributed by atoms with Crippen LogP contribution in [0.3, 0.4) is 0 Å². The van der Waals surface area contributed by atoms with E-state index in [2.05, 4.69) is 0 Å². The standard InChI is InChI=1S/C17H23N3O4/c21-16(18-9-12-24-13-10-18)19-8-4-5-11-20(19,17(22)23)14-15-6-2-1-3-7-15/h1-3,6-7H,4-5,8-14H2/p+1. The average Bonchev–Trinajstić information content (AvgIpc) is 2.63. The maximum absolute atomic E-state index is 13.0. The number of morpholine rings is 1. The van der Waals surface area contributed by atoms with Crippen LogP contribution in [-0.2, 0) is 11.3 Å². The predicted octanol–water partition coefficient (Wildman–Crippen LogP) is 2.14. The van der Waals surface area contributed by atoms with Crippen molar-refractivity contribution >= 4 is 12.1 Å². The molecule has 0 spiro atoms. The predicted molar refractivity (Wildman–Crippen MR) is 87.0 cm³/mol. The molecule has 1 unspecified atom stereocenters. The molecule has 1 N–H and O–H groups in total. The maximum atomic E-state index is 13.0. The lowest BCUT2D eigenvalue weighted by molar-refractivity contribution is -0.975. The summed E-state index contributed by atoms with van der Waals surface area (Å²) >= 11 is 0. The lowest BCUT2D eigenvalue weighted by Gasteiger charge is -2.45. The van der Waals surface area contributed by atoms with Crippen molar-refractivity contribution in [1.82, 2.24) is 9.91 Å². The zero-order valence-electron chi connectivity index (χ0n) is 13.8. The molecule has 130 valence electrons. The summed E-state index contributed by atoms with van der Waals surface area (Å²) in [6, 6.07) is 9.32. The zero-order chi connectivity index (χ0) is 17.0. The molecule has 1 atom stereocenters. The summed E-state index contributed by atoms with van der Waals surface area (Å²) in [5.41, 5.74) is 0.918. The first-order valence-electron chi connectivity index (χ1n) is 8.43.